The van der Waals surface area contributed by atoms with Gasteiger partial charge < -0.3 is 29.0 Å². The molecule has 1 heterocycles. The van der Waals surface area contributed by atoms with Crippen LogP contribution in [-0.2, 0) is 38.1 Å². The van der Waals surface area contributed by atoms with Gasteiger partial charge in [-0.1, -0.05) is 12.1 Å². The lowest BCUT2D eigenvalue weighted by atomic mass is 9.96. The molecule has 0 saturated carbocycles. The van der Waals surface area contributed by atoms with E-state index in [1.54, 1.807) is 18.2 Å². The number of benzene rings is 1. The molecule has 1 aliphatic rings. The zero-order chi connectivity index (χ0) is 24.7. The summed E-state index contributed by atoms with van der Waals surface area (Å²) in [5.74, 6) is -2.67. The van der Waals surface area contributed by atoms with E-state index in [1.807, 2.05) is 0 Å². The maximum Gasteiger partial charge on any atom is 0.303 e. The largest absolute Gasteiger partial charge is 0.463 e. The van der Waals surface area contributed by atoms with E-state index < -0.39 is 54.5 Å². The average Bonchev–Trinajstić information content (AvgIpc) is 2.70. The van der Waals surface area contributed by atoms with Crippen LogP contribution in [0, 0.1) is 0 Å². The molecule has 11 heteroatoms. The first-order valence-corrected chi connectivity index (χ1v) is 10.2. The summed E-state index contributed by atoms with van der Waals surface area (Å²) in [7, 11) is 0. The Morgan fingerprint density at radius 3 is 2.03 bits per heavy atom. The molecule has 1 aromatic carbocycles. The third-order valence-corrected chi connectivity index (χ3v) is 4.58. The number of carbonyl (C=O) groups excluding carboxylic acids is 5. The van der Waals surface area contributed by atoms with Gasteiger partial charge in [0.1, 0.15) is 24.5 Å². The van der Waals surface area contributed by atoms with Gasteiger partial charge in [-0.2, -0.15) is 0 Å². The van der Waals surface area contributed by atoms with Crippen LogP contribution in [0.25, 0.3) is 0 Å². The van der Waals surface area contributed by atoms with Crippen LogP contribution in [0.2, 0.25) is 0 Å². The van der Waals surface area contributed by atoms with Crippen LogP contribution < -0.4 is 10.1 Å². The number of esters is 3. The Morgan fingerprint density at radius 1 is 0.879 bits per heavy atom. The molecule has 0 aliphatic carbocycles. The van der Waals surface area contributed by atoms with Crippen molar-refractivity contribution in [3.63, 3.8) is 0 Å². The Balaban J connectivity index is 2.51. The molecule has 11 nitrogen and oxygen atoms in total. The highest BCUT2D eigenvalue weighted by Gasteiger charge is 2.52. The van der Waals surface area contributed by atoms with Gasteiger partial charge in [0.25, 0.3) is 0 Å². The Hall–Kier alpha value is -3.47. The number of amides is 1. The molecule has 1 N–H and O–H groups in total. The Morgan fingerprint density at radius 2 is 1.48 bits per heavy atom. The molecule has 0 unspecified atom stereocenters. The summed E-state index contributed by atoms with van der Waals surface area (Å²) in [6.45, 7) is 5.71. The van der Waals surface area contributed by atoms with Crippen LogP contribution in [0.15, 0.2) is 24.3 Å². The second kappa shape index (κ2) is 11.4. The van der Waals surface area contributed by atoms with Gasteiger partial charge in [0.05, 0.1) is 5.56 Å². The van der Waals surface area contributed by atoms with Crippen LogP contribution in [0.3, 0.4) is 0 Å². The van der Waals surface area contributed by atoms with Gasteiger partial charge in [-0.25, -0.2) is 0 Å². The summed E-state index contributed by atoms with van der Waals surface area (Å²) >= 11 is 0. The predicted octanol–water partition coefficient (Wildman–Crippen LogP) is 0.924. The van der Waals surface area contributed by atoms with Crippen molar-refractivity contribution in [1.82, 2.24) is 5.32 Å². The van der Waals surface area contributed by atoms with Crippen LogP contribution in [0.4, 0.5) is 0 Å². The lowest BCUT2D eigenvalue weighted by molar-refractivity contribution is -0.257. The van der Waals surface area contributed by atoms with E-state index in [2.05, 4.69) is 5.32 Å². The summed E-state index contributed by atoms with van der Waals surface area (Å²) in [4.78, 5) is 59.0. The van der Waals surface area contributed by atoms with Crippen LogP contribution in [-0.4, -0.2) is 66.8 Å². The summed E-state index contributed by atoms with van der Waals surface area (Å²) < 4.78 is 27.6. The molecule has 1 fully saturated rings. The SMILES string of the molecule is CC(=O)N[C@@H]1[C@@H](Oc2ccccc2C(C)=O)O[C@@H](COC(C)=O)[C@H](OC(C)=O)[C@H]1OC(C)=O. The fourth-order valence-corrected chi connectivity index (χ4v) is 3.38. The van der Waals surface area contributed by atoms with Gasteiger partial charge in [-0.3, -0.25) is 24.0 Å². The molecule has 180 valence electrons. The van der Waals surface area contributed by atoms with Crippen molar-refractivity contribution < 1.29 is 47.7 Å². The van der Waals surface area contributed by atoms with Gasteiger partial charge in [0, 0.05) is 27.7 Å². The number of hydrogen-bond acceptors (Lipinski definition) is 10. The Kier molecular flexibility index (Phi) is 8.92. The van der Waals surface area contributed by atoms with Crippen LogP contribution in [0.1, 0.15) is 45.0 Å². The molecule has 0 bridgehead atoms. The van der Waals surface area contributed by atoms with E-state index in [4.69, 9.17) is 23.7 Å². The first kappa shape index (κ1) is 25.8. The van der Waals surface area contributed by atoms with E-state index in [0.29, 0.717) is 0 Å². The zero-order valence-corrected chi connectivity index (χ0v) is 19.0. The van der Waals surface area contributed by atoms with Gasteiger partial charge in [0.15, 0.2) is 18.0 Å². The van der Waals surface area contributed by atoms with Crippen molar-refractivity contribution in [2.45, 2.75) is 65.3 Å². The van der Waals surface area contributed by atoms with E-state index in [-0.39, 0.29) is 23.7 Å². The third kappa shape index (κ3) is 7.28. The Bertz CT molecular complexity index is 914. The van der Waals surface area contributed by atoms with Gasteiger partial charge in [0.2, 0.25) is 12.2 Å². The number of rotatable bonds is 8. The first-order chi connectivity index (χ1) is 15.5. The number of ketones is 1. The topological polar surface area (TPSA) is 144 Å². The van der Waals surface area contributed by atoms with Crippen molar-refractivity contribution in [2.24, 2.45) is 0 Å². The molecule has 0 aromatic heterocycles. The monoisotopic (exact) mass is 465 g/mol. The van der Waals surface area contributed by atoms with Gasteiger partial charge in [-0.05, 0) is 19.1 Å². The lowest BCUT2D eigenvalue weighted by Crippen LogP contribution is -2.67. The molecule has 0 spiro atoms. The number of nitrogens with one attached hydrogen (secondary N) is 1. The van der Waals surface area contributed by atoms with Crippen molar-refractivity contribution in [1.29, 1.82) is 0 Å². The van der Waals surface area contributed by atoms with E-state index >= 15 is 0 Å². The molecule has 1 aromatic rings. The average molecular weight is 465 g/mol. The standard InChI is InChI=1S/C22H27NO10/c1-11(24)16-8-6-7-9-17(16)32-22-19(23-12(2)25)21(31-15(5)28)20(30-14(4)27)18(33-22)10-29-13(3)26/h6-9,18-22H,10H2,1-5H3,(H,23,25)/t18-,19-,20-,21-,22-/m0/s1. The smallest absolute Gasteiger partial charge is 0.303 e. The maximum absolute atomic E-state index is 12.0. The normalized spacial score (nSPS) is 24.2. The molecular formula is C22H27NO10. The number of carbonyl (C=O) groups is 5. The van der Waals surface area contributed by atoms with E-state index in [1.165, 1.54) is 26.8 Å². The predicted molar refractivity (Wildman–Crippen MR) is 111 cm³/mol. The number of ether oxygens (including phenoxy) is 5. The number of para-hydroxylation sites is 1. The summed E-state index contributed by atoms with van der Waals surface area (Å²) in [5, 5.41) is 2.59. The molecule has 33 heavy (non-hydrogen) atoms. The first-order valence-electron chi connectivity index (χ1n) is 10.2. The minimum absolute atomic E-state index is 0.157. The van der Waals surface area contributed by atoms with E-state index in [9.17, 15) is 24.0 Å². The fraction of sp³-hybridized carbons (Fsp3) is 0.500. The molecule has 1 amide bonds. The van der Waals surface area contributed by atoms with Crippen LogP contribution >= 0.6 is 0 Å². The molecule has 1 aliphatic heterocycles. The molecule has 0 radical (unpaired) electrons. The fourth-order valence-electron chi connectivity index (χ4n) is 3.38. The molecule has 2 rings (SSSR count). The zero-order valence-electron chi connectivity index (χ0n) is 19.0. The number of hydrogen-bond donors (Lipinski definition) is 1. The summed E-state index contributed by atoms with van der Waals surface area (Å²) in [6.07, 6.45) is -4.89. The minimum atomic E-state index is -1.30. The Labute approximate surface area is 190 Å². The quantitative estimate of drug-likeness (QED) is 0.334. The maximum atomic E-state index is 12.0. The lowest BCUT2D eigenvalue weighted by Gasteiger charge is -2.44. The minimum Gasteiger partial charge on any atom is -0.463 e. The second-order valence-corrected chi connectivity index (χ2v) is 7.39. The highest BCUT2D eigenvalue weighted by atomic mass is 16.7. The molecular weight excluding hydrogens is 438 g/mol. The van der Waals surface area contributed by atoms with Crippen molar-refractivity contribution >= 4 is 29.6 Å². The third-order valence-electron chi connectivity index (χ3n) is 4.58. The van der Waals surface area contributed by atoms with Crippen LogP contribution in [0.5, 0.6) is 5.75 Å². The number of Topliss-reactive ketones (excluding diaryl/α,β-unsaturated/α-hetero) is 1. The van der Waals surface area contributed by atoms with Gasteiger partial charge >= 0.3 is 17.9 Å². The van der Waals surface area contributed by atoms with Crippen molar-refractivity contribution in [3.05, 3.63) is 29.8 Å². The highest BCUT2D eigenvalue weighted by Crippen LogP contribution is 2.30. The van der Waals surface area contributed by atoms with Crippen molar-refractivity contribution in [2.75, 3.05) is 6.61 Å². The molecule has 1 saturated heterocycles. The highest BCUT2D eigenvalue weighted by molar-refractivity contribution is 5.96. The summed E-state index contributed by atoms with van der Waals surface area (Å²) in [5.41, 5.74) is 0.255. The molecule has 5 atom stereocenters. The van der Waals surface area contributed by atoms with Crippen molar-refractivity contribution in [3.8, 4) is 5.75 Å². The van der Waals surface area contributed by atoms with Gasteiger partial charge in [-0.15, -0.1) is 0 Å². The van der Waals surface area contributed by atoms with E-state index in [0.717, 1.165) is 13.8 Å². The summed E-state index contributed by atoms with van der Waals surface area (Å²) in [6, 6.07) is 5.24. The second-order valence-electron chi connectivity index (χ2n) is 7.39.